The number of rotatable bonds is 9. The Morgan fingerprint density at radius 2 is 1.70 bits per heavy atom. The average molecular weight is 549 g/mol. The Labute approximate surface area is 237 Å². The zero-order chi connectivity index (χ0) is 28.3. The molecular formula is C32H28N4O3S. The van der Waals surface area contributed by atoms with E-state index in [1.165, 1.54) is 11.0 Å². The van der Waals surface area contributed by atoms with Gasteiger partial charge in [-0.15, -0.1) is 0 Å². The summed E-state index contributed by atoms with van der Waals surface area (Å²) in [5.74, 6) is -1.55. The molecule has 1 aliphatic heterocycles. The fourth-order valence-electron chi connectivity index (χ4n) is 4.02. The van der Waals surface area contributed by atoms with E-state index in [2.05, 4.69) is 21.9 Å². The van der Waals surface area contributed by atoms with Gasteiger partial charge in [0, 0.05) is 18.1 Å². The van der Waals surface area contributed by atoms with Gasteiger partial charge in [0.2, 0.25) is 5.91 Å². The maximum absolute atomic E-state index is 13.6. The Hall–Kier alpha value is -4.82. The maximum Gasteiger partial charge on any atom is 0.285 e. The molecule has 0 saturated heterocycles. The molecule has 2 heterocycles. The molecule has 0 aliphatic carbocycles. The summed E-state index contributed by atoms with van der Waals surface area (Å²) in [6.07, 6.45) is 11.3. The smallest absolute Gasteiger partial charge is 0.285 e. The second-order valence-corrected chi connectivity index (χ2v) is 9.55. The highest BCUT2D eigenvalue weighted by molar-refractivity contribution is 8.14. The molecule has 1 aliphatic rings. The van der Waals surface area contributed by atoms with Crippen molar-refractivity contribution in [2.45, 2.75) is 13.0 Å². The number of aliphatic imine (C=N–C) groups is 1. The molecule has 0 fully saturated rings. The van der Waals surface area contributed by atoms with Gasteiger partial charge in [-0.2, -0.15) is 4.99 Å². The summed E-state index contributed by atoms with van der Waals surface area (Å²) in [6.45, 7) is 5.47. The highest BCUT2D eigenvalue weighted by Crippen LogP contribution is 2.27. The minimum atomic E-state index is -0.678. The van der Waals surface area contributed by atoms with Gasteiger partial charge in [-0.3, -0.25) is 24.3 Å². The van der Waals surface area contributed by atoms with E-state index in [1.54, 1.807) is 55.8 Å². The first-order chi connectivity index (χ1) is 19.5. The molecular weight excluding hydrogens is 520 g/mol. The van der Waals surface area contributed by atoms with Crippen LogP contribution in [0.1, 0.15) is 29.7 Å². The lowest BCUT2D eigenvalue weighted by molar-refractivity contribution is -0.126. The van der Waals surface area contributed by atoms with Crippen molar-refractivity contribution in [3.8, 4) is 0 Å². The van der Waals surface area contributed by atoms with Crippen molar-refractivity contribution in [2.75, 3.05) is 5.75 Å². The third-order valence-electron chi connectivity index (χ3n) is 5.91. The van der Waals surface area contributed by atoms with Gasteiger partial charge in [0.05, 0.1) is 11.8 Å². The summed E-state index contributed by atoms with van der Waals surface area (Å²) < 4.78 is 0. The number of hydrogen-bond acceptors (Lipinski definition) is 5. The second-order valence-electron chi connectivity index (χ2n) is 8.60. The summed E-state index contributed by atoms with van der Waals surface area (Å²) in [6, 6.07) is 22.4. The summed E-state index contributed by atoms with van der Waals surface area (Å²) in [5, 5.41) is 3.20. The third kappa shape index (κ3) is 6.98. The van der Waals surface area contributed by atoms with Crippen molar-refractivity contribution in [3.63, 3.8) is 0 Å². The molecule has 0 unspecified atom stereocenters. The monoisotopic (exact) mass is 548 g/mol. The number of nitrogens with zero attached hydrogens (tertiary/aromatic N) is 3. The molecule has 0 bridgehead atoms. The summed E-state index contributed by atoms with van der Waals surface area (Å²) in [5.41, 5.74) is 2.87. The first-order valence-electron chi connectivity index (χ1n) is 12.6. The van der Waals surface area contributed by atoms with Crippen LogP contribution in [0.3, 0.4) is 0 Å². The highest BCUT2D eigenvalue weighted by atomic mass is 32.2. The average Bonchev–Trinajstić information content (AvgIpc) is 2.99. The molecule has 4 rings (SSSR count). The molecule has 0 saturated carbocycles. The number of carbonyl (C=O) groups is 3. The lowest BCUT2D eigenvalue weighted by Gasteiger charge is -2.28. The number of benzene rings is 2. The number of nitrogens with one attached hydrogen (secondary N) is 1. The molecule has 2 aromatic carbocycles. The Bertz CT molecular complexity index is 1460. The van der Waals surface area contributed by atoms with Gasteiger partial charge in [0.15, 0.2) is 5.17 Å². The first kappa shape index (κ1) is 28.2. The van der Waals surface area contributed by atoms with Crippen LogP contribution >= 0.6 is 11.8 Å². The number of hydrogen-bond donors (Lipinski definition) is 1. The Kier molecular flexibility index (Phi) is 9.74. The minimum Gasteiger partial charge on any atom is -0.344 e. The van der Waals surface area contributed by atoms with Crippen LogP contribution in [0.15, 0.2) is 132 Å². The number of allylic oxidation sites excluding steroid dienone is 4. The zero-order valence-corrected chi connectivity index (χ0v) is 22.8. The standard InChI is InChI=1S/C32H28N4O3S/c1-3-5-18-26(4-2)36-31(39)27(20-23-13-12-19-33-21-23)30(38)35-32(36)40-22-28(37)34-29(24-14-8-6-9-15-24)25-16-10-7-11-17-25/h3-21,29H,1,22H2,2H3,(H,34,37)/b18-5-,26-4+,27-20+. The Balaban J connectivity index is 1.60. The van der Waals surface area contributed by atoms with Crippen LogP contribution in [0.5, 0.6) is 0 Å². The van der Waals surface area contributed by atoms with Crippen LogP contribution in [0.25, 0.3) is 6.08 Å². The molecule has 3 aromatic rings. The number of carbonyl (C=O) groups excluding carboxylic acids is 3. The van der Waals surface area contributed by atoms with E-state index in [-0.39, 0.29) is 28.4 Å². The normalized spacial score (nSPS) is 15.1. The molecule has 1 N–H and O–H groups in total. The van der Waals surface area contributed by atoms with E-state index in [4.69, 9.17) is 0 Å². The number of pyridine rings is 1. The Morgan fingerprint density at radius 1 is 1.02 bits per heavy atom. The van der Waals surface area contributed by atoms with E-state index in [0.717, 1.165) is 22.9 Å². The molecule has 1 aromatic heterocycles. The molecule has 0 spiro atoms. The van der Waals surface area contributed by atoms with Crippen LogP contribution in [0.2, 0.25) is 0 Å². The van der Waals surface area contributed by atoms with Crippen molar-refractivity contribution in [2.24, 2.45) is 4.99 Å². The molecule has 40 heavy (non-hydrogen) atoms. The number of amides is 3. The lowest BCUT2D eigenvalue weighted by atomic mass is 9.99. The van der Waals surface area contributed by atoms with Gasteiger partial charge in [-0.25, -0.2) is 0 Å². The van der Waals surface area contributed by atoms with Gasteiger partial charge in [0.25, 0.3) is 11.8 Å². The molecule has 0 atom stereocenters. The summed E-state index contributed by atoms with van der Waals surface area (Å²) in [4.78, 5) is 49.4. The van der Waals surface area contributed by atoms with Gasteiger partial charge >= 0.3 is 0 Å². The lowest BCUT2D eigenvalue weighted by Crippen LogP contribution is -2.42. The largest absolute Gasteiger partial charge is 0.344 e. The van der Waals surface area contributed by atoms with E-state index < -0.39 is 11.8 Å². The highest BCUT2D eigenvalue weighted by Gasteiger charge is 2.35. The topological polar surface area (TPSA) is 91.7 Å². The van der Waals surface area contributed by atoms with Crippen LogP contribution in [0, 0.1) is 0 Å². The van der Waals surface area contributed by atoms with E-state index in [0.29, 0.717) is 11.3 Å². The molecule has 7 nitrogen and oxygen atoms in total. The first-order valence-corrected chi connectivity index (χ1v) is 13.6. The van der Waals surface area contributed by atoms with E-state index in [1.807, 2.05) is 60.7 Å². The molecule has 3 amide bonds. The second kappa shape index (κ2) is 13.8. The molecule has 8 heteroatoms. The Morgan fingerprint density at radius 3 is 2.27 bits per heavy atom. The number of amidine groups is 1. The fourth-order valence-corrected chi connectivity index (χ4v) is 4.83. The van der Waals surface area contributed by atoms with Crippen LogP contribution in [0.4, 0.5) is 0 Å². The van der Waals surface area contributed by atoms with Crippen LogP contribution < -0.4 is 5.32 Å². The van der Waals surface area contributed by atoms with Crippen molar-refractivity contribution < 1.29 is 14.4 Å². The zero-order valence-electron chi connectivity index (χ0n) is 21.9. The predicted molar refractivity (Wildman–Crippen MR) is 160 cm³/mol. The van der Waals surface area contributed by atoms with Crippen molar-refractivity contribution in [1.82, 2.24) is 15.2 Å². The van der Waals surface area contributed by atoms with E-state index >= 15 is 0 Å². The third-order valence-corrected chi connectivity index (χ3v) is 6.85. The van der Waals surface area contributed by atoms with Crippen molar-refractivity contribution in [1.29, 1.82) is 0 Å². The SMILES string of the molecule is C=C/C=C\C(=C/C)N1C(=O)/C(=C/c2cccnc2)C(=O)N=C1SCC(=O)NC(c1ccccc1)c1ccccc1. The van der Waals surface area contributed by atoms with Gasteiger partial charge < -0.3 is 5.32 Å². The van der Waals surface area contributed by atoms with Gasteiger partial charge in [-0.05, 0) is 41.8 Å². The van der Waals surface area contributed by atoms with Crippen LogP contribution in [-0.4, -0.2) is 38.5 Å². The van der Waals surface area contributed by atoms with E-state index in [9.17, 15) is 14.4 Å². The maximum atomic E-state index is 13.6. The molecule has 200 valence electrons. The minimum absolute atomic E-state index is 0.0596. The summed E-state index contributed by atoms with van der Waals surface area (Å²) in [7, 11) is 0. The molecule has 0 radical (unpaired) electrons. The van der Waals surface area contributed by atoms with Crippen molar-refractivity contribution >= 4 is 40.7 Å². The number of thioether (sulfide) groups is 1. The fraction of sp³-hybridized carbons (Fsp3) is 0.0938. The van der Waals surface area contributed by atoms with Crippen LogP contribution in [-0.2, 0) is 14.4 Å². The van der Waals surface area contributed by atoms with Gasteiger partial charge in [-0.1, -0.05) is 103 Å². The van der Waals surface area contributed by atoms with Crippen molar-refractivity contribution in [3.05, 3.63) is 144 Å². The predicted octanol–water partition coefficient (Wildman–Crippen LogP) is 5.47. The van der Waals surface area contributed by atoms with Gasteiger partial charge in [0.1, 0.15) is 5.57 Å². The summed E-state index contributed by atoms with van der Waals surface area (Å²) >= 11 is 1.02. The quantitative estimate of drug-likeness (QED) is 0.217. The number of aromatic nitrogens is 1.